The predicted molar refractivity (Wildman–Crippen MR) is 91.7 cm³/mol. The average molecular weight is 323 g/mol. The molecule has 3 atom stereocenters. The second-order valence-electron chi connectivity index (χ2n) is 6.39. The van der Waals surface area contributed by atoms with E-state index in [1.807, 2.05) is 61.5 Å². The maximum Gasteiger partial charge on any atom is 0.326 e. The van der Waals surface area contributed by atoms with E-state index >= 15 is 0 Å². The molecule has 24 heavy (non-hydrogen) atoms. The lowest BCUT2D eigenvalue weighted by Gasteiger charge is -2.15. The molecule has 0 heterocycles. The Kier molecular flexibility index (Phi) is 4.65. The summed E-state index contributed by atoms with van der Waals surface area (Å²) in [5.74, 6) is -1.08. The Morgan fingerprint density at radius 1 is 1.12 bits per heavy atom. The first kappa shape index (κ1) is 16.2. The first-order valence-corrected chi connectivity index (χ1v) is 8.19. The number of rotatable bonds is 6. The van der Waals surface area contributed by atoms with Crippen molar-refractivity contribution in [3.8, 4) is 0 Å². The van der Waals surface area contributed by atoms with Crippen LogP contribution in [0.1, 0.15) is 29.0 Å². The van der Waals surface area contributed by atoms with E-state index in [1.165, 1.54) is 11.1 Å². The number of aryl methyl sites for hydroxylation is 1. The Labute approximate surface area is 141 Å². The summed E-state index contributed by atoms with van der Waals surface area (Å²) in [7, 11) is 0. The zero-order chi connectivity index (χ0) is 17.1. The number of nitrogens with one attached hydrogen (secondary N) is 1. The second kappa shape index (κ2) is 6.87. The van der Waals surface area contributed by atoms with E-state index < -0.39 is 12.0 Å². The third-order valence-corrected chi connectivity index (χ3v) is 4.61. The van der Waals surface area contributed by atoms with Crippen LogP contribution in [0.25, 0.3) is 0 Å². The normalized spacial score (nSPS) is 20.2. The summed E-state index contributed by atoms with van der Waals surface area (Å²) in [6.07, 6.45) is 1.08. The number of carboxylic acid groups (broad SMARTS) is 1. The highest BCUT2D eigenvalue weighted by molar-refractivity contribution is 5.87. The Morgan fingerprint density at radius 2 is 1.79 bits per heavy atom. The van der Waals surface area contributed by atoms with E-state index in [0.717, 1.165) is 12.0 Å². The lowest BCUT2D eigenvalue weighted by atomic mass is 10.0. The minimum Gasteiger partial charge on any atom is -0.480 e. The number of amides is 1. The Hall–Kier alpha value is -2.62. The van der Waals surface area contributed by atoms with Crippen LogP contribution in [-0.4, -0.2) is 23.0 Å². The van der Waals surface area contributed by atoms with Crippen LogP contribution in [-0.2, 0) is 16.0 Å². The SMILES string of the molecule is Cc1ccccc1C1CC1C(=O)N[C@H](Cc1ccccc1)C(=O)O. The molecule has 0 aliphatic heterocycles. The summed E-state index contributed by atoms with van der Waals surface area (Å²) in [5, 5.41) is 12.1. The molecule has 0 spiro atoms. The highest BCUT2D eigenvalue weighted by Gasteiger charge is 2.45. The van der Waals surface area contributed by atoms with Gasteiger partial charge in [0.1, 0.15) is 6.04 Å². The molecule has 0 bridgehead atoms. The van der Waals surface area contributed by atoms with Crippen LogP contribution in [0.5, 0.6) is 0 Å². The molecule has 4 nitrogen and oxygen atoms in total. The standard InChI is InChI=1S/C20H21NO3/c1-13-7-5-6-10-15(13)16-12-17(16)19(22)21-18(20(23)24)11-14-8-3-2-4-9-14/h2-10,16-18H,11-12H2,1H3,(H,21,22)(H,23,24)/t16?,17?,18-/m1/s1. The molecule has 2 N–H and O–H groups in total. The molecule has 1 fully saturated rings. The third kappa shape index (κ3) is 3.65. The van der Waals surface area contributed by atoms with Gasteiger partial charge in [0.15, 0.2) is 0 Å². The predicted octanol–water partition coefficient (Wildman–Crippen LogP) is 2.91. The van der Waals surface area contributed by atoms with Gasteiger partial charge < -0.3 is 10.4 Å². The topological polar surface area (TPSA) is 66.4 Å². The quantitative estimate of drug-likeness (QED) is 0.859. The number of hydrogen-bond acceptors (Lipinski definition) is 2. The Morgan fingerprint density at radius 3 is 2.46 bits per heavy atom. The highest BCUT2D eigenvalue weighted by Crippen LogP contribution is 2.48. The van der Waals surface area contributed by atoms with Crippen LogP contribution in [0.15, 0.2) is 54.6 Å². The van der Waals surface area contributed by atoms with E-state index in [0.29, 0.717) is 6.42 Å². The van der Waals surface area contributed by atoms with Crippen molar-refractivity contribution in [3.63, 3.8) is 0 Å². The van der Waals surface area contributed by atoms with E-state index in [4.69, 9.17) is 0 Å². The summed E-state index contributed by atoms with van der Waals surface area (Å²) in [5.41, 5.74) is 3.26. The van der Waals surface area contributed by atoms with E-state index in [1.54, 1.807) is 0 Å². The molecule has 0 aromatic heterocycles. The van der Waals surface area contributed by atoms with Crippen molar-refractivity contribution in [2.75, 3.05) is 0 Å². The van der Waals surface area contributed by atoms with Crippen molar-refractivity contribution >= 4 is 11.9 Å². The molecule has 3 rings (SSSR count). The molecule has 0 saturated heterocycles. The summed E-state index contributed by atoms with van der Waals surface area (Å²) >= 11 is 0. The van der Waals surface area contributed by atoms with E-state index in [-0.39, 0.29) is 17.7 Å². The molecule has 2 aromatic carbocycles. The van der Waals surface area contributed by atoms with Gasteiger partial charge in [0, 0.05) is 12.3 Å². The van der Waals surface area contributed by atoms with Crippen LogP contribution < -0.4 is 5.32 Å². The fourth-order valence-corrected chi connectivity index (χ4v) is 3.16. The van der Waals surface area contributed by atoms with Gasteiger partial charge in [-0.05, 0) is 36.0 Å². The lowest BCUT2D eigenvalue weighted by molar-refractivity contribution is -0.142. The summed E-state index contributed by atoms with van der Waals surface area (Å²) in [4.78, 5) is 23.9. The Balaban J connectivity index is 1.63. The van der Waals surface area contributed by atoms with Gasteiger partial charge in [-0.3, -0.25) is 4.79 Å². The Bertz CT molecular complexity index is 742. The molecular formula is C20H21NO3. The maximum atomic E-state index is 12.4. The summed E-state index contributed by atoms with van der Waals surface area (Å²) in [6, 6.07) is 16.5. The summed E-state index contributed by atoms with van der Waals surface area (Å²) < 4.78 is 0. The molecule has 1 aliphatic carbocycles. The van der Waals surface area contributed by atoms with Gasteiger partial charge in [0.25, 0.3) is 0 Å². The first-order chi connectivity index (χ1) is 11.6. The van der Waals surface area contributed by atoms with Crippen molar-refractivity contribution in [1.82, 2.24) is 5.32 Å². The van der Waals surface area contributed by atoms with Crippen molar-refractivity contribution in [3.05, 3.63) is 71.3 Å². The molecule has 124 valence electrons. The second-order valence-corrected chi connectivity index (χ2v) is 6.39. The van der Waals surface area contributed by atoms with Gasteiger partial charge in [-0.25, -0.2) is 4.79 Å². The monoisotopic (exact) mass is 323 g/mol. The molecule has 1 saturated carbocycles. The zero-order valence-electron chi connectivity index (χ0n) is 13.6. The fraction of sp³-hybridized carbons (Fsp3) is 0.300. The third-order valence-electron chi connectivity index (χ3n) is 4.61. The van der Waals surface area contributed by atoms with Crippen molar-refractivity contribution < 1.29 is 14.7 Å². The van der Waals surface area contributed by atoms with Crippen molar-refractivity contribution in [2.45, 2.75) is 31.7 Å². The number of carboxylic acids is 1. The molecule has 1 aliphatic rings. The van der Waals surface area contributed by atoms with Gasteiger partial charge in [0.2, 0.25) is 5.91 Å². The van der Waals surface area contributed by atoms with Crippen LogP contribution in [0.2, 0.25) is 0 Å². The van der Waals surface area contributed by atoms with Crippen molar-refractivity contribution in [2.24, 2.45) is 5.92 Å². The largest absolute Gasteiger partial charge is 0.480 e. The number of benzene rings is 2. The van der Waals surface area contributed by atoms with Gasteiger partial charge in [0.05, 0.1) is 0 Å². The fourth-order valence-electron chi connectivity index (χ4n) is 3.16. The van der Waals surface area contributed by atoms with Gasteiger partial charge in [-0.15, -0.1) is 0 Å². The molecule has 2 unspecified atom stereocenters. The van der Waals surface area contributed by atoms with Gasteiger partial charge >= 0.3 is 5.97 Å². The lowest BCUT2D eigenvalue weighted by Crippen LogP contribution is -2.43. The smallest absolute Gasteiger partial charge is 0.326 e. The molecular weight excluding hydrogens is 302 g/mol. The molecule has 0 radical (unpaired) electrons. The van der Waals surface area contributed by atoms with Gasteiger partial charge in [-0.2, -0.15) is 0 Å². The highest BCUT2D eigenvalue weighted by atomic mass is 16.4. The number of hydrogen-bond donors (Lipinski definition) is 2. The van der Waals surface area contributed by atoms with Crippen LogP contribution in [0, 0.1) is 12.8 Å². The number of carbonyl (C=O) groups excluding carboxylic acids is 1. The van der Waals surface area contributed by atoms with E-state index in [2.05, 4.69) is 5.32 Å². The molecule has 1 amide bonds. The first-order valence-electron chi connectivity index (χ1n) is 8.19. The van der Waals surface area contributed by atoms with Gasteiger partial charge in [-0.1, -0.05) is 54.6 Å². The number of aliphatic carboxylic acids is 1. The summed E-state index contributed by atoms with van der Waals surface area (Å²) in [6.45, 7) is 2.04. The minimum atomic E-state index is -1.000. The van der Waals surface area contributed by atoms with Crippen LogP contribution in [0.4, 0.5) is 0 Å². The van der Waals surface area contributed by atoms with E-state index in [9.17, 15) is 14.7 Å². The number of carbonyl (C=O) groups is 2. The molecule has 2 aromatic rings. The minimum absolute atomic E-state index is 0.122. The zero-order valence-corrected chi connectivity index (χ0v) is 13.6. The average Bonchev–Trinajstić information content (AvgIpc) is 3.36. The molecule has 4 heteroatoms. The maximum absolute atomic E-state index is 12.4. The van der Waals surface area contributed by atoms with Crippen LogP contribution >= 0.6 is 0 Å². The van der Waals surface area contributed by atoms with Crippen LogP contribution in [0.3, 0.4) is 0 Å². The van der Waals surface area contributed by atoms with Crippen molar-refractivity contribution in [1.29, 1.82) is 0 Å².